The van der Waals surface area contributed by atoms with Crippen LogP contribution in [0.15, 0.2) is 83.9 Å². The summed E-state index contributed by atoms with van der Waals surface area (Å²) in [5, 5.41) is 4.90. The largest absolute Gasteiger partial charge is 0.493 e. The lowest BCUT2D eigenvalue weighted by Gasteiger charge is -2.12. The number of fused-ring (bicyclic) bond motifs is 1. The molecule has 8 heteroatoms. The van der Waals surface area contributed by atoms with Gasteiger partial charge in [0.2, 0.25) is 0 Å². The summed E-state index contributed by atoms with van der Waals surface area (Å²) < 4.78 is 13.3. The van der Waals surface area contributed by atoms with E-state index in [9.17, 15) is 4.79 Å². The van der Waals surface area contributed by atoms with Crippen molar-refractivity contribution in [3.05, 3.63) is 106 Å². The number of nitrogens with zero attached hydrogens (tertiary/aromatic N) is 3. The number of carbonyl (C=O) groups is 1. The Kier molecular flexibility index (Phi) is 6.72. The molecule has 2 heterocycles. The minimum absolute atomic E-state index is 0.177. The molecule has 0 aliphatic rings. The number of amides is 1. The fourth-order valence-corrected chi connectivity index (χ4v) is 4.31. The number of ether oxygens (including phenoxy) is 2. The Morgan fingerprint density at radius 2 is 1.83 bits per heavy atom. The van der Waals surface area contributed by atoms with Crippen LogP contribution < -0.4 is 14.8 Å². The molecule has 7 nitrogen and oxygen atoms in total. The molecular weight excluding hydrogens is 460 g/mol. The second-order valence-corrected chi connectivity index (χ2v) is 8.71. The van der Waals surface area contributed by atoms with Gasteiger partial charge in [-0.1, -0.05) is 36.4 Å². The number of para-hydroxylation sites is 2. The number of rotatable bonds is 9. The first-order valence-corrected chi connectivity index (χ1v) is 12.1. The molecule has 0 bridgehead atoms. The highest BCUT2D eigenvalue weighted by Gasteiger charge is 2.12. The van der Waals surface area contributed by atoms with E-state index in [4.69, 9.17) is 9.47 Å². The Balaban J connectivity index is 1.18. The summed E-state index contributed by atoms with van der Waals surface area (Å²) in [6, 6.07) is 21.5. The van der Waals surface area contributed by atoms with Gasteiger partial charge >= 0.3 is 0 Å². The predicted molar refractivity (Wildman–Crippen MR) is 136 cm³/mol. The monoisotopic (exact) mass is 484 g/mol. The van der Waals surface area contributed by atoms with E-state index in [0.29, 0.717) is 30.2 Å². The lowest BCUT2D eigenvalue weighted by atomic mass is 10.1. The van der Waals surface area contributed by atoms with E-state index in [1.54, 1.807) is 30.8 Å². The Bertz CT molecular complexity index is 1430. The minimum atomic E-state index is -0.177. The van der Waals surface area contributed by atoms with Crippen LogP contribution in [0.1, 0.15) is 27.2 Å². The lowest BCUT2D eigenvalue weighted by Crippen LogP contribution is -2.22. The first-order valence-electron chi connectivity index (χ1n) is 11.1. The number of carbonyl (C=O) groups excluding carboxylic acids is 1. The van der Waals surface area contributed by atoms with Crippen LogP contribution in [0, 0.1) is 0 Å². The lowest BCUT2D eigenvalue weighted by molar-refractivity contribution is 0.0950. The Labute approximate surface area is 207 Å². The zero-order valence-corrected chi connectivity index (χ0v) is 20.0. The normalized spacial score (nSPS) is 10.9. The van der Waals surface area contributed by atoms with Crippen LogP contribution in [-0.2, 0) is 19.7 Å². The maximum Gasteiger partial charge on any atom is 0.251 e. The highest BCUT2D eigenvalue weighted by atomic mass is 32.1. The first-order chi connectivity index (χ1) is 17.2. The molecule has 2 aromatic heterocycles. The van der Waals surface area contributed by atoms with Crippen LogP contribution in [-0.4, -0.2) is 27.6 Å². The average Bonchev–Trinajstić information content (AvgIpc) is 3.57. The molecule has 0 aliphatic carbocycles. The number of thiazole rings is 1. The molecule has 5 aromatic rings. The Morgan fingerprint density at radius 3 is 2.63 bits per heavy atom. The van der Waals surface area contributed by atoms with Gasteiger partial charge in [-0.25, -0.2) is 9.97 Å². The molecule has 0 fully saturated rings. The second-order valence-electron chi connectivity index (χ2n) is 7.99. The van der Waals surface area contributed by atoms with Crippen LogP contribution in [0.2, 0.25) is 0 Å². The molecule has 3 aromatic carbocycles. The maximum atomic E-state index is 12.7. The summed E-state index contributed by atoms with van der Waals surface area (Å²) in [6.07, 6.45) is 1.86. The first kappa shape index (κ1) is 22.6. The van der Waals surface area contributed by atoms with Gasteiger partial charge in [-0.2, -0.15) is 0 Å². The molecule has 1 amide bonds. The molecule has 0 atom stereocenters. The molecular formula is C27H24N4O3S. The number of hydrogen-bond acceptors (Lipinski definition) is 6. The van der Waals surface area contributed by atoms with Crippen molar-refractivity contribution in [2.24, 2.45) is 0 Å². The van der Waals surface area contributed by atoms with E-state index >= 15 is 0 Å². The summed E-state index contributed by atoms with van der Waals surface area (Å²) in [5.41, 5.74) is 7.41. The van der Waals surface area contributed by atoms with Gasteiger partial charge in [0.1, 0.15) is 6.61 Å². The third-order valence-electron chi connectivity index (χ3n) is 5.64. The summed E-state index contributed by atoms with van der Waals surface area (Å²) >= 11 is 1.52. The summed E-state index contributed by atoms with van der Waals surface area (Å²) in [5.74, 6) is 0.894. The van der Waals surface area contributed by atoms with Gasteiger partial charge in [-0.3, -0.25) is 4.79 Å². The van der Waals surface area contributed by atoms with Crippen molar-refractivity contribution in [3.8, 4) is 11.5 Å². The number of benzene rings is 3. The zero-order chi connectivity index (χ0) is 24.0. The summed E-state index contributed by atoms with van der Waals surface area (Å²) in [7, 11) is 1.56. The van der Waals surface area contributed by atoms with Gasteiger partial charge < -0.3 is 19.4 Å². The molecule has 176 valence electrons. The van der Waals surface area contributed by atoms with Gasteiger partial charge in [0, 0.05) is 24.0 Å². The second kappa shape index (κ2) is 10.4. The molecule has 0 spiro atoms. The number of hydrogen-bond donors (Lipinski definition) is 1. The van der Waals surface area contributed by atoms with E-state index in [1.165, 1.54) is 16.9 Å². The highest BCUT2D eigenvalue weighted by Crippen LogP contribution is 2.29. The topological polar surface area (TPSA) is 78.3 Å². The summed E-state index contributed by atoms with van der Waals surface area (Å²) in [4.78, 5) is 21.4. The predicted octanol–water partition coefficient (Wildman–Crippen LogP) is 5.06. The van der Waals surface area contributed by atoms with E-state index in [-0.39, 0.29) is 5.91 Å². The van der Waals surface area contributed by atoms with E-state index in [2.05, 4.69) is 38.1 Å². The smallest absolute Gasteiger partial charge is 0.251 e. The van der Waals surface area contributed by atoms with Crippen molar-refractivity contribution in [1.82, 2.24) is 19.9 Å². The van der Waals surface area contributed by atoms with Crippen molar-refractivity contribution in [2.45, 2.75) is 19.7 Å². The van der Waals surface area contributed by atoms with Crippen LogP contribution in [0.3, 0.4) is 0 Å². The molecule has 0 saturated carbocycles. The molecule has 0 saturated heterocycles. The van der Waals surface area contributed by atoms with Gasteiger partial charge in [0.15, 0.2) is 11.5 Å². The maximum absolute atomic E-state index is 12.7. The van der Waals surface area contributed by atoms with E-state index < -0.39 is 0 Å². The van der Waals surface area contributed by atoms with Gasteiger partial charge in [-0.05, 0) is 41.5 Å². The minimum Gasteiger partial charge on any atom is -0.493 e. The average molecular weight is 485 g/mol. The quantitative estimate of drug-likeness (QED) is 0.316. The molecule has 0 aliphatic heterocycles. The van der Waals surface area contributed by atoms with Gasteiger partial charge in [0.05, 0.1) is 35.7 Å². The van der Waals surface area contributed by atoms with Crippen LogP contribution in [0.4, 0.5) is 0 Å². The fourth-order valence-electron chi connectivity index (χ4n) is 3.77. The molecule has 1 N–H and O–H groups in total. The van der Waals surface area contributed by atoms with Crippen LogP contribution in [0.25, 0.3) is 11.0 Å². The van der Waals surface area contributed by atoms with Crippen molar-refractivity contribution >= 4 is 28.3 Å². The Morgan fingerprint density at radius 1 is 1.00 bits per heavy atom. The van der Waals surface area contributed by atoms with Crippen molar-refractivity contribution < 1.29 is 14.3 Å². The third kappa shape index (κ3) is 5.33. The van der Waals surface area contributed by atoms with Crippen molar-refractivity contribution in [1.29, 1.82) is 0 Å². The van der Waals surface area contributed by atoms with E-state index in [1.807, 2.05) is 42.0 Å². The standard InChI is InChI=1S/C27H24N4O3S/c1-33-26-12-21(10-11-25(26)34-15-22-16-35-18-30-22)27(32)28-13-19-6-8-20(9-7-19)14-31-17-29-23-4-2-3-5-24(23)31/h2-12,16-18H,13-15H2,1H3,(H,28,32). The fraction of sp³-hybridized carbons (Fsp3) is 0.148. The molecule has 0 unspecified atom stereocenters. The SMILES string of the molecule is COc1cc(C(=O)NCc2ccc(Cn3cnc4ccccc43)cc2)ccc1OCc1cscn1. The number of aromatic nitrogens is 3. The van der Waals surface area contributed by atoms with Crippen molar-refractivity contribution in [2.75, 3.05) is 7.11 Å². The number of imidazole rings is 1. The van der Waals surface area contributed by atoms with Gasteiger partial charge in [0.25, 0.3) is 5.91 Å². The van der Waals surface area contributed by atoms with Crippen LogP contribution in [0.5, 0.6) is 11.5 Å². The van der Waals surface area contributed by atoms with Crippen molar-refractivity contribution in [3.63, 3.8) is 0 Å². The van der Waals surface area contributed by atoms with E-state index in [0.717, 1.165) is 28.8 Å². The zero-order valence-electron chi connectivity index (χ0n) is 19.2. The summed E-state index contributed by atoms with van der Waals surface area (Å²) in [6.45, 7) is 1.51. The number of methoxy groups -OCH3 is 1. The number of nitrogens with one attached hydrogen (secondary N) is 1. The Hall–Kier alpha value is -4.17. The van der Waals surface area contributed by atoms with Crippen LogP contribution >= 0.6 is 11.3 Å². The highest BCUT2D eigenvalue weighted by molar-refractivity contribution is 7.07. The van der Waals surface area contributed by atoms with Gasteiger partial charge in [-0.15, -0.1) is 11.3 Å². The molecule has 35 heavy (non-hydrogen) atoms. The molecule has 5 rings (SSSR count). The third-order valence-corrected chi connectivity index (χ3v) is 6.28. The molecule has 0 radical (unpaired) electrons.